The molecule has 0 aliphatic heterocycles. The van der Waals surface area contributed by atoms with Crippen LogP contribution in [0.25, 0.3) is 0 Å². The first-order valence-corrected chi connectivity index (χ1v) is 4.30. The van der Waals surface area contributed by atoms with Crippen LogP contribution in [0.4, 0.5) is 0 Å². The molecule has 1 rings (SSSR count). The van der Waals surface area contributed by atoms with E-state index in [0.29, 0.717) is 5.76 Å². The Morgan fingerprint density at radius 3 is 2.77 bits per heavy atom. The minimum absolute atomic E-state index is 0.0687. The van der Waals surface area contributed by atoms with Crippen molar-refractivity contribution in [1.29, 1.82) is 0 Å². The fourth-order valence-corrected chi connectivity index (χ4v) is 0.966. The van der Waals surface area contributed by atoms with Gasteiger partial charge in [0.05, 0.1) is 12.4 Å². The number of hydrogen-bond acceptors (Lipinski definition) is 3. The molecule has 0 fully saturated rings. The van der Waals surface area contributed by atoms with Crippen LogP contribution in [0.1, 0.15) is 30.0 Å². The van der Waals surface area contributed by atoms with Gasteiger partial charge in [0.1, 0.15) is 6.61 Å². The normalized spacial score (nSPS) is 10.8. The number of aryl methyl sites for hydroxylation is 1. The number of ether oxygens (including phenoxy) is 1. The molecule has 0 atom stereocenters. The molecule has 0 aliphatic carbocycles. The van der Waals surface area contributed by atoms with Crippen LogP contribution in [0.2, 0.25) is 0 Å². The van der Waals surface area contributed by atoms with Gasteiger partial charge < -0.3 is 9.15 Å². The second-order valence-corrected chi connectivity index (χ2v) is 3.22. The third-order valence-electron chi connectivity index (χ3n) is 1.66. The highest BCUT2D eigenvalue weighted by molar-refractivity contribution is 5.95. The number of Topliss-reactive ketones (excluding diaryl/α,β-unsaturated/α-hetero) is 1. The summed E-state index contributed by atoms with van der Waals surface area (Å²) in [6.45, 7) is 5.71. The van der Waals surface area contributed by atoms with Gasteiger partial charge in [-0.2, -0.15) is 0 Å². The van der Waals surface area contributed by atoms with Crippen LogP contribution in [0, 0.1) is 6.92 Å². The second-order valence-electron chi connectivity index (χ2n) is 3.22. The molecule has 0 aromatic carbocycles. The van der Waals surface area contributed by atoms with E-state index in [-0.39, 0.29) is 18.5 Å². The van der Waals surface area contributed by atoms with Crippen LogP contribution in [-0.4, -0.2) is 18.5 Å². The summed E-state index contributed by atoms with van der Waals surface area (Å²) in [6, 6.07) is 1.77. The first kappa shape index (κ1) is 9.99. The first-order valence-electron chi connectivity index (χ1n) is 4.30. The molecule has 72 valence electrons. The van der Waals surface area contributed by atoms with E-state index in [2.05, 4.69) is 0 Å². The highest BCUT2D eigenvalue weighted by Gasteiger charge is 2.12. The van der Waals surface area contributed by atoms with Gasteiger partial charge in [-0.3, -0.25) is 4.79 Å². The lowest BCUT2D eigenvalue weighted by Gasteiger charge is -2.04. The Hall–Kier alpha value is -1.09. The van der Waals surface area contributed by atoms with Gasteiger partial charge in [-0.05, 0) is 32.4 Å². The molecule has 3 nitrogen and oxygen atoms in total. The van der Waals surface area contributed by atoms with Crippen molar-refractivity contribution in [2.24, 2.45) is 0 Å². The van der Waals surface area contributed by atoms with Crippen molar-refractivity contribution in [2.45, 2.75) is 26.9 Å². The van der Waals surface area contributed by atoms with Gasteiger partial charge >= 0.3 is 0 Å². The molecule has 0 saturated carbocycles. The smallest absolute Gasteiger partial charge is 0.223 e. The molecule has 1 aromatic heterocycles. The molecule has 0 bridgehead atoms. The van der Waals surface area contributed by atoms with E-state index >= 15 is 0 Å². The van der Waals surface area contributed by atoms with Gasteiger partial charge in [0.2, 0.25) is 5.78 Å². The molecule has 3 heteroatoms. The Labute approximate surface area is 77.7 Å². The monoisotopic (exact) mass is 182 g/mol. The lowest BCUT2D eigenvalue weighted by atomic mass is 10.2. The average molecular weight is 182 g/mol. The predicted octanol–water partition coefficient (Wildman–Crippen LogP) is 2.20. The van der Waals surface area contributed by atoms with E-state index in [9.17, 15) is 4.79 Å². The second kappa shape index (κ2) is 4.23. The molecule has 0 saturated heterocycles. The minimum Gasteiger partial charge on any atom is -0.461 e. The number of hydrogen-bond donors (Lipinski definition) is 0. The highest BCUT2D eigenvalue weighted by atomic mass is 16.5. The van der Waals surface area contributed by atoms with Crippen molar-refractivity contribution in [3.05, 3.63) is 23.7 Å². The van der Waals surface area contributed by atoms with Crippen LogP contribution in [0.15, 0.2) is 16.7 Å². The Kier molecular flexibility index (Phi) is 3.25. The number of carbonyl (C=O) groups is 1. The maximum atomic E-state index is 11.4. The molecule has 0 N–H and O–H groups in total. The summed E-state index contributed by atoms with van der Waals surface area (Å²) in [7, 11) is 0. The van der Waals surface area contributed by atoms with Gasteiger partial charge in [0.25, 0.3) is 0 Å². The van der Waals surface area contributed by atoms with E-state index < -0.39 is 0 Å². The minimum atomic E-state index is -0.101. The Morgan fingerprint density at radius 2 is 2.31 bits per heavy atom. The topological polar surface area (TPSA) is 39.4 Å². The fraction of sp³-hybridized carbons (Fsp3) is 0.500. The number of furan rings is 1. The lowest BCUT2D eigenvalue weighted by molar-refractivity contribution is 0.0562. The molecule has 0 radical (unpaired) electrons. The third kappa shape index (κ3) is 2.70. The summed E-state index contributed by atoms with van der Waals surface area (Å²) in [5.74, 6) is 0.303. The van der Waals surface area contributed by atoms with Crippen LogP contribution >= 0.6 is 0 Å². The molecule has 0 unspecified atom stereocenters. The largest absolute Gasteiger partial charge is 0.461 e. The van der Waals surface area contributed by atoms with E-state index in [0.717, 1.165) is 5.56 Å². The first-order chi connectivity index (χ1) is 6.11. The Balaban J connectivity index is 2.54. The number of ketones is 1. The van der Waals surface area contributed by atoms with Crippen molar-refractivity contribution < 1.29 is 13.9 Å². The van der Waals surface area contributed by atoms with Gasteiger partial charge in [-0.25, -0.2) is 0 Å². The number of rotatable bonds is 4. The highest BCUT2D eigenvalue weighted by Crippen LogP contribution is 2.09. The molecule has 0 aliphatic rings. The molecule has 1 heterocycles. The van der Waals surface area contributed by atoms with Crippen LogP contribution in [0.3, 0.4) is 0 Å². The Bertz CT molecular complexity index is 286. The molecule has 0 amide bonds. The van der Waals surface area contributed by atoms with Crippen LogP contribution in [-0.2, 0) is 4.74 Å². The molecule has 1 aromatic rings. The summed E-state index contributed by atoms with van der Waals surface area (Å²) >= 11 is 0. The zero-order chi connectivity index (χ0) is 9.84. The van der Waals surface area contributed by atoms with Crippen molar-refractivity contribution in [3.63, 3.8) is 0 Å². The predicted molar refractivity (Wildman–Crippen MR) is 48.9 cm³/mol. The molecular formula is C10H14O3. The zero-order valence-electron chi connectivity index (χ0n) is 8.16. The van der Waals surface area contributed by atoms with Crippen molar-refractivity contribution in [3.8, 4) is 0 Å². The van der Waals surface area contributed by atoms with Gasteiger partial charge in [0.15, 0.2) is 5.76 Å². The van der Waals surface area contributed by atoms with Crippen molar-refractivity contribution in [1.82, 2.24) is 0 Å². The summed E-state index contributed by atoms with van der Waals surface area (Å²) < 4.78 is 10.2. The van der Waals surface area contributed by atoms with Crippen molar-refractivity contribution >= 4 is 5.78 Å². The zero-order valence-corrected chi connectivity index (χ0v) is 8.16. The van der Waals surface area contributed by atoms with E-state index in [4.69, 9.17) is 9.15 Å². The maximum Gasteiger partial charge on any atom is 0.223 e. The van der Waals surface area contributed by atoms with Crippen LogP contribution < -0.4 is 0 Å². The fourth-order valence-electron chi connectivity index (χ4n) is 0.966. The van der Waals surface area contributed by atoms with E-state index in [1.54, 1.807) is 6.07 Å². The molecular weight excluding hydrogens is 168 g/mol. The van der Waals surface area contributed by atoms with Gasteiger partial charge in [0, 0.05) is 0 Å². The van der Waals surface area contributed by atoms with E-state index in [1.807, 2.05) is 20.8 Å². The van der Waals surface area contributed by atoms with E-state index in [1.165, 1.54) is 6.26 Å². The quantitative estimate of drug-likeness (QED) is 0.670. The number of carbonyl (C=O) groups excluding carboxylic acids is 1. The third-order valence-corrected chi connectivity index (χ3v) is 1.66. The summed E-state index contributed by atoms with van der Waals surface area (Å²) in [5, 5.41) is 0. The summed E-state index contributed by atoms with van der Waals surface area (Å²) in [4.78, 5) is 11.4. The molecule has 0 spiro atoms. The van der Waals surface area contributed by atoms with Gasteiger partial charge in [-0.15, -0.1) is 0 Å². The average Bonchev–Trinajstić information content (AvgIpc) is 2.47. The summed E-state index contributed by atoms with van der Waals surface area (Å²) in [5.41, 5.74) is 0.859. The van der Waals surface area contributed by atoms with Crippen molar-refractivity contribution in [2.75, 3.05) is 6.61 Å². The Morgan fingerprint density at radius 1 is 1.62 bits per heavy atom. The lowest BCUT2D eigenvalue weighted by Crippen LogP contribution is -2.13. The SMILES string of the molecule is Cc1ccoc1C(=O)COC(C)C. The summed E-state index contributed by atoms with van der Waals surface area (Å²) in [6.07, 6.45) is 1.58. The molecule has 13 heavy (non-hydrogen) atoms. The van der Waals surface area contributed by atoms with Crippen LogP contribution in [0.5, 0.6) is 0 Å². The maximum absolute atomic E-state index is 11.4. The van der Waals surface area contributed by atoms with Gasteiger partial charge in [-0.1, -0.05) is 0 Å². The standard InChI is InChI=1S/C10H14O3/c1-7(2)13-6-9(11)10-8(3)4-5-12-10/h4-5,7H,6H2,1-3H3.